The molecule has 2 fully saturated rings. The molecule has 4 atom stereocenters. The number of piperidine rings is 1. The summed E-state index contributed by atoms with van der Waals surface area (Å²) in [6, 6.07) is 4.57. The average molecular weight is 475 g/mol. The Hall–Kier alpha value is -2.81. The predicted octanol–water partition coefficient (Wildman–Crippen LogP) is 3.71. The van der Waals surface area contributed by atoms with Crippen LogP contribution < -0.4 is 5.32 Å². The van der Waals surface area contributed by atoms with E-state index in [1.54, 1.807) is 19.0 Å². The fraction of sp³-hybridized carbons (Fsp3) is 0.560. The van der Waals surface area contributed by atoms with Crippen molar-refractivity contribution in [3.05, 3.63) is 41.6 Å². The highest BCUT2D eigenvalue weighted by atomic mass is 19.1. The second kappa shape index (κ2) is 10.2. The van der Waals surface area contributed by atoms with E-state index in [1.807, 2.05) is 0 Å². The zero-order valence-corrected chi connectivity index (χ0v) is 19.9. The number of aromatic nitrogens is 1. The molecule has 4 rings (SSSR count). The highest BCUT2D eigenvalue weighted by Crippen LogP contribution is 2.35. The van der Waals surface area contributed by atoms with Gasteiger partial charge in [-0.2, -0.15) is 0 Å². The molecule has 0 radical (unpaired) electrons. The van der Waals surface area contributed by atoms with Crippen LogP contribution >= 0.6 is 0 Å². The maximum absolute atomic E-state index is 14.1. The molecule has 1 aromatic carbocycles. The molecule has 0 bridgehead atoms. The molecule has 1 aliphatic heterocycles. The molecule has 2 heterocycles. The number of carbonyl (C=O) groups excluding carboxylic acids is 2. The van der Waals surface area contributed by atoms with Crippen molar-refractivity contribution >= 4 is 11.8 Å². The van der Waals surface area contributed by atoms with E-state index in [-0.39, 0.29) is 34.9 Å². The minimum absolute atomic E-state index is 0.0148. The van der Waals surface area contributed by atoms with E-state index in [2.05, 4.69) is 22.3 Å². The molecule has 184 valence electrons. The Morgan fingerprint density at radius 2 is 2.00 bits per heavy atom. The number of hydrogen-bond donors (Lipinski definition) is 1. The smallest absolute Gasteiger partial charge is 0.273 e. The van der Waals surface area contributed by atoms with Gasteiger partial charge in [0, 0.05) is 51.4 Å². The summed E-state index contributed by atoms with van der Waals surface area (Å²) in [6.07, 6.45) is 5.39. The summed E-state index contributed by atoms with van der Waals surface area (Å²) in [7, 11) is 3.46. The van der Waals surface area contributed by atoms with Gasteiger partial charge in [-0.1, -0.05) is 24.9 Å². The Kier molecular flexibility index (Phi) is 7.30. The third-order valence-electron chi connectivity index (χ3n) is 7.27. The quantitative estimate of drug-likeness (QED) is 0.691. The zero-order valence-electron chi connectivity index (χ0n) is 19.9. The Labute approximate surface area is 198 Å². The van der Waals surface area contributed by atoms with Crippen LogP contribution in [0.4, 0.5) is 8.78 Å². The van der Waals surface area contributed by atoms with Gasteiger partial charge < -0.3 is 14.7 Å². The van der Waals surface area contributed by atoms with Crippen molar-refractivity contribution < 1.29 is 22.9 Å². The van der Waals surface area contributed by atoms with Gasteiger partial charge in [-0.25, -0.2) is 8.78 Å². The van der Waals surface area contributed by atoms with Crippen molar-refractivity contribution in [3.63, 3.8) is 0 Å². The molecule has 1 aromatic heterocycles. The molecule has 1 N–H and O–H groups in total. The number of amides is 2. The van der Waals surface area contributed by atoms with Crippen LogP contribution in [0.5, 0.6) is 0 Å². The number of nitrogens with one attached hydrogen (secondary N) is 1. The largest absolute Gasteiger partial charge is 0.355 e. The third-order valence-corrected chi connectivity index (χ3v) is 7.27. The first-order valence-corrected chi connectivity index (χ1v) is 12.0. The number of benzene rings is 1. The van der Waals surface area contributed by atoms with Gasteiger partial charge >= 0.3 is 0 Å². The molecule has 9 heteroatoms. The Balaban J connectivity index is 1.48. The summed E-state index contributed by atoms with van der Waals surface area (Å²) in [5.74, 6) is -1.69. The number of hydrogen-bond acceptors (Lipinski definition) is 5. The average Bonchev–Trinajstić information content (AvgIpc) is 3.48. The molecule has 0 spiro atoms. The molecule has 2 amide bonds. The molecule has 1 saturated carbocycles. The normalized spacial score (nSPS) is 25.3. The Bertz CT molecular complexity index is 1040. The maximum atomic E-state index is 14.1. The monoisotopic (exact) mass is 474 g/mol. The predicted molar refractivity (Wildman–Crippen MR) is 123 cm³/mol. The Morgan fingerprint density at radius 1 is 1.21 bits per heavy atom. The number of nitrogens with zero attached hydrogens (tertiary/aromatic N) is 3. The highest BCUT2D eigenvalue weighted by molar-refractivity contribution is 5.94. The van der Waals surface area contributed by atoms with E-state index in [0.717, 1.165) is 31.5 Å². The van der Waals surface area contributed by atoms with Gasteiger partial charge in [0.2, 0.25) is 5.91 Å². The standard InChI is InChI=1S/C25H32F2N4O3/c1-4-15-6-5-7-22(15)31-11-10-20(18(14-31)25(33)30(2)3)28-24(32)21-13-23(34-29-21)17-9-8-16(26)12-19(17)27/h8-9,12-13,15,18,20,22H,4-7,10-11,14H2,1-3H3,(H,28,32)/t15-,18-,20-,22+/m1/s1. The summed E-state index contributed by atoms with van der Waals surface area (Å²) in [5, 5.41) is 6.73. The van der Waals surface area contributed by atoms with Crippen molar-refractivity contribution in [2.24, 2.45) is 11.8 Å². The molecule has 0 unspecified atom stereocenters. The number of rotatable bonds is 6. The molecule has 1 aliphatic carbocycles. The van der Waals surface area contributed by atoms with Crippen LogP contribution in [0.25, 0.3) is 11.3 Å². The van der Waals surface area contributed by atoms with Crippen molar-refractivity contribution in [1.29, 1.82) is 0 Å². The van der Waals surface area contributed by atoms with Gasteiger partial charge in [0.25, 0.3) is 5.91 Å². The first-order valence-electron chi connectivity index (χ1n) is 12.0. The van der Waals surface area contributed by atoms with E-state index in [9.17, 15) is 18.4 Å². The Morgan fingerprint density at radius 3 is 2.71 bits per heavy atom. The van der Waals surface area contributed by atoms with Crippen LogP contribution in [0, 0.1) is 23.5 Å². The SMILES string of the molecule is CC[C@@H]1CCC[C@@H]1N1CC[C@@H](NC(=O)c2cc(-c3ccc(F)cc3F)on2)[C@H](C(=O)N(C)C)C1. The number of likely N-dealkylation sites (tertiary alicyclic amines) is 1. The van der Waals surface area contributed by atoms with E-state index >= 15 is 0 Å². The number of halogens is 2. The van der Waals surface area contributed by atoms with Crippen LogP contribution in [0.3, 0.4) is 0 Å². The third kappa shape index (κ3) is 4.99. The minimum Gasteiger partial charge on any atom is -0.355 e. The fourth-order valence-corrected chi connectivity index (χ4v) is 5.45. The first-order chi connectivity index (χ1) is 16.3. The highest BCUT2D eigenvalue weighted by Gasteiger charge is 2.41. The summed E-state index contributed by atoms with van der Waals surface area (Å²) in [4.78, 5) is 30.0. The van der Waals surface area contributed by atoms with E-state index < -0.39 is 17.5 Å². The lowest BCUT2D eigenvalue weighted by Crippen LogP contribution is -2.58. The lowest BCUT2D eigenvalue weighted by Gasteiger charge is -2.43. The molecule has 2 aliphatic rings. The molecule has 34 heavy (non-hydrogen) atoms. The van der Waals surface area contributed by atoms with Crippen molar-refractivity contribution in [2.75, 3.05) is 27.2 Å². The lowest BCUT2D eigenvalue weighted by molar-refractivity contribution is -0.136. The van der Waals surface area contributed by atoms with Crippen LogP contribution in [0.15, 0.2) is 28.8 Å². The summed E-state index contributed by atoms with van der Waals surface area (Å²) < 4.78 is 32.4. The minimum atomic E-state index is -0.801. The fourth-order valence-electron chi connectivity index (χ4n) is 5.45. The van der Waals surface area contributed by atoms with Crippen LogP contribution in [0.2, 0.25) is 0 Å². The van der Waals surface area contributed by atoms with Gasteiger partial charge in [-0.05, 0) is 37.3 Å². The van der Waals surface area contributed by atoms with Gasteiger partial charge in [-0.15, -0.1) is 0 Å². The zero-order chi connectivity index (χ0) is 24.4. The van der Waals surface area contributed by atoms with Crippen LogP contribution in [0.1, 0.15) is 49.5 Å². The van der Waals surface area contributed by atoms with Crippen molar-refractivity contribution in [3.8, 4) is 11.3 Å². The van der Waals surface area contributed by atoms with Crippen molar-refractivity contribution in [2.45, 2.75) is 51.1 Å². The molecule has 2 aromatic rings. The second-order valence-electron chi connectivity index (χ2n) is 9.57. The molecule has 1 saturated heterocycles. The van der Waals surface area contributed by atoms with Gasteiger partial charge in [0.1, 0.15) is 11.6 Å². The maximum Gasteiger partial charge on any atom is 0.273 e. The lowest BCUT2D eigenvalue weighted by atomic mass is 9.88. The van der Waals surface area contributed by atoms with Gasteiger partial charge in [0.15, 0.2) is 11.5 Å². The van der Waals surface area contributed by atoms with Gasteiger partial charge in [0.05, 0.1) is 11.5 Å². The summed E-state index contributed by atoms with van der Waals surface area (Å²) >= 11 is 0. The van der Waals surface area contributed by atoms with E-state index in [0.29, 0.717) is 24.9 Å². The van der Waals surface area contributed by atoms with E-state index in [4.69, 9.17) is 4.52 Å². The summed E-state index contributed by atoms with van der Waals surface area (Å²) in [6.45, 7) is 3.64. The molecular weight excluding hydrogens is 442 g/mol. The topological polar surface area (TPSA) is 78.7 Å². The van der Waals surface area contributed by atoms with Crippen molar-refractivity contribution in [1.82, 2.24) is 20.3 Å². The van der Waals surface area contributed by atoms with Crippen LogP contribution in [-0.4, -0.2) is 66.0 Å². The summed E-state index contributed by atoms with van der Waals surface area (Å²) in [5.41, 5.74) is 0.00279. The number of carbonyl (C=O) groups is 2. The molecule has 7 nitrogen and oxygen atoms in total. The van der Waals surface area contributed by atoms with Gasteiger partial charge in [-0.3, -0.25) is 14.5 Å². The molecular formula is C25H32F2N4O3. The van der Waals surface area contributed by atoms with E-state index in [1.165, 1.54) is 25.0 Å². The van der Waals surface area contributed by atoms with Crippen LogP contribution in [-0.2, 0) is 4.79 Å². The second-order valence-corrected chi connectivity index (χ2v) is 9.57. The first kappa shape index (κ1) is 24.3.